The number of pyridine rings is 1. The molecule has 3 aromatic rings. The second-order valence-corrected chi connectivity index (χ2v) is 4.95. The van der Waals surface area contributed by atoms with Crippen LogP contribution in [0.15, 0.2) is 53.1 Å². The van der Waals surface area contributed by atoms with E-state index in [2.05, 4.69) is 15.3 Å². The monoisotopic (exact) mass is 330 g/mol. The van der Waals surface area contributed by atoms with E-state index in [1.165, 1.54) is 11.5 Å². The van der Waals surface area contributed by atoms with Crippen LogP contribution in [0, 0.1) is 0 Å². The fourth-order valence-electron chi connectivity index (χ4n) is 1.88. The number of hydrogen-bond donors (Lipinski definition) is 3. The van der Waals surface area contributed by atoms with Crippen molar-refractivity contribution in [3.8, 4) is 11.3 Å². The average molecular weight is 331 g/mol. The SMILES string of the molecule is O=C(NO)c1cccc(Nc2ncc(-c3ccc(Cl)cc3)o2)n1. The number of oxazole rings is 1. The number of hydrogen-bond acceptors (Lipinski definition) is 6. The van der Waals surface area contributed by atoms with Gasteiger partial charge in [-0.15, -0.1) is 0 Å². The molecule has 0 radical (unpaired) electrons. The van der Waals surface area contributed by atoms with E-state index in [1.54, 1.807) is 30.5 Å². The molecule has 0 saturated carbocycles. The molecule has 1 amide bonds. The summed E-state index contributed by atoms with van der Waals surface area (Å²) in [5.74, 6) is 0.215. The smallest absolute Gasteiger partial charge is 0.300 e. The van der Waals surface area contributed by atoms with Crippen LogP contribution in [-0.4, -0.2) is 21.1 Å². The van der Waals surface area contributed by atoms with Gasteiger partial charge in [0.1, 0.15) is 11.5 Å². The van der Waals surface area contributed by atoms with Crippen molar-refractivity contribution in [1.82, 2.24) is 15.4 Å². The molecule has 7 nitrogen and oxygen atoms in total. The van der Waals surface area contributed by atoms with Gasteiger partial charge in [0, 0.05) is 10.6 Å². The Morgan fingerprint density at radius 3 is 2.70 bits per heavy atom. The van der Waals surface area contributed by atoms with E-state index in [0.717, 1.165) is 5.56 Å². The highest BCUT2D eigenvalue weighted by Crippen LogP contribution is 2.25. The van der Waals surface area contributed by atoms with Crippen molar-refractivity contribution in [2.75, 3.05) is 5.32 Å². The molecular weight excluding hydrogens is 320 g/mol. The molecule has 8 heteroatoms. The summed E-state index contributed by atoms with van der Waals surface area (Å²) < 4.78 is 5.58. The maximum atomic E-state index is 11.3. The van der Waals surface area contributed by atoms with E-state index < -0.39 is 5.91 Å². The molecule has 3 N–H and O–H groups in total. The van der Waals surface area contributed by atoms with Crippen LogP contribution in [0.4, 0.5) is 11.8 Å². The Hall–Kier alpha value is -2.90. The summed E-state index contributed by atoms with van der Waals surface area (Å²) in [4.78, 5) is 19.5. The lowest BCUT2D eigenvalue weighted by Gasteiger charge is -2.03. The minimum Gasteiger partial charge on any atom is -0.423 e. The van der Waals surface area contributed by atoms with E-state index in [4.69, 9.17) is 21.2 Å². The number of benzene rings is 1. The van der Waals surface area contributed by atoms with Gasteiger partial charge in [-0.25, -0.2) is 15.4 Å². The largest absolute Gasteiger partial charge is 0.423 e. The van der Waals surface area contributed by atoms with E-state index >= 15 is 0 Å². The Morgan fingerprint density at radius 1 is 1.17 bits per heavy atom. The zero-order valence-electron chi connectivity index (χ0n) is 11.7. The normalized spacial score (nSPS) is 10.3. The summed E-state index contributed by atoms with van der Waals surface area (Å²) in [5, 5.41) is 12.1. The van der Waals surface area contributed by atoms with Crippen molar-refractivity contribution in [3.63, 3.8) is 0 Å². The lowest BCUT2D eigenvalue weighted by atomic mass is 10.2. The number of anilines is 2. The number of amides is 1. The van der Waals surface area contributed by atoms with Gasteiger partial charge in [-0.1, -0.05) is 17.7 Å². The topological polar surface area (TPSA) is 100 Å². The summed E-state index contributed by atoms with van der Waals surface area (Å²) in [6, 6.07) is 12.1. The van der Waals surface area contributed by atoms with Crippen molar-refractivity contribution >= 4 is 29.3 Å². The molecule has 3 rings (SSSR count). The van der Waals surface area contributed by atoms with Crippen LogP contribution in [0.1, 0.15) is 10.5 Å². The first-order valence-electron chi connectivity index (χ1n) is 6.56. The predicted molar refractivity (Wildman–Crippen MR) is 83.7 cm³/mol. The third-order valence-electron chi connectivity index (χ3n) is 2.95. The molecule has 0 spiro atoms. The second kappa shape index (κ2) is 6.47. The third kappa shape index (κ3) is 3.47. The molecule has 0 aliphatic carbocycles. The van der Waals surface area contributed by atoms with Crippen molar-refractivity contribution < 1.29 is 14.4 Å². The van der Waals surface area contributed by atoms with Crippen molar-refractivity contribution in [1.29, 1.82) is 0 Å². The summed E-state index contributed by atoms with van der Waals surface area (Å²) in [6.07, 6.45) is 1.57. The molecule has 23 heavy (non-hydrogen) atoms. The van der Waals surface area contributed by atoms with Crippen LogP contribution in [0.2, 0.25) is 5.02 Å². The van der Waals surface area contributed by atoms with Gasteiger partial charge in [0.25, 0.3) is 5.91 Å². The number of nitrogens with zero attached hydrogens (tertiary/aromatic N) is 2. The van der Waals surface area contributed by atoms with Gasteiger partial charge in [0.05, 0.1) is 6.20 Å². The van der Waals surface area contributed by atoms with Crippen LogP contribution in [0.5, 0.6) is 0 Å². The molecule has 0 aliphatic rings. The van der Waals surface area contributed by atoms with Gasteiger partial charge in [-0.3, -0.25) is 15.3 Å². The summed E-state index contributed by atoms with van der Waals surface area (Å²) >= 11 is 5.85. The lowest BCUT2D eigenvalue weighted by Crippen LogP contribution is -2.20. The van der Waals surface area contributed by atoms with Gasteiger partial charge < -0.3 is 4.42 Å². The highest BCUT2D eigenvalue weighted by molar-refractivity contribution is 6.30. The standard InChI is InChI=1S/C15H11ClN4O3/c16-10-6-4-9(5-7-10)12-8-17-15(23-12)19-13-3-1-2-11(18-13)14(21)20-22/h1-8,22H,(H,20,21)(H,17,18,19). The lowest BCUT2D eigenvalue weighted by molar-refractivity contribution is 0.0701. The Bertz CT molecular complexity index is 833. The Balaban J connectivity index is 1.79. The maximum absolute atomic E-state index is 11.3. The zero-order chi connectivity index (χ0) is 16.2. The van der Waals surface area contributed by atoms with Crippen molar-refractivity contribution in [3.05, 3.63) is 59.4 Å². The van der Waals surface area contributed by atoms with Gasteiger partial charge >= 0.3 is 6.01 Å². The van der Waals surface area contributed by atoms with Crippen molar-refractivity contribution in [2.24, 2.45) is 0 Å². The number of aromatic nitrogens is 2. The summed E-state index contributed by atoms with van der Waals surface area (Å²) in [5.41, 5.74) is 2.41. The fraction of sp³-hybridized carbons (Fsp3) is 0. The highest BCUT2D eigenvalue weighted by atomic mass is 35.5. The van der Waals surface area contributed by atoms with Crippen LogP contribution in [0.25, 0.3) is 11.3 Å². The fourth-order valence-corrected chi connectivity index (χ4v) is 2.00. The third-order valence-corrected chi connectivity index (χ3v) is 3.20. The molecule has 2 aromatic heterocycles. The highest BCUT2D eigenvalue weighted by Gasteiger charge is 2.10. The number of nitrogens with one attached hydrogen (secondary N) is 2. The molecule has 116 valence electrons. The number of carbonyl (C=O) groups excluding carboxylic acids is 1. The predicted octanol–water partition coefficient (Wildman–Crippen LogP) is 3.25. The molecule has 0 aliphatic heterocycles. The van der Waals surface area contributed by atoms with Gasteiger partial charge in [-0.05, 0) is 36.4 Å². The summed E-state index contributed by atoms with van der Waals surface area (Å²) in [6.45, 7) is 0. The van der Waals surface area contributed by atoms with E-state index in [0.29, 0.717) is 16.6 Å². The number of halogens is 1. The zero-order valence-corrected chi connectivity index (χ0v) is 12.4. The molecule has 0 unspecified atom stereocenters. The molecule has 0 atom stereocenters. The van der Waals surface area contributed by atoms with Crippen LogP contribution < -0.4 is 10.8 Å². The first kappa shape index (κ1) is 15.0. The van der Waals surface area contributed by atoms with Gasteiger partial charge in [-0.2, -0.15) is 0 Å². The molecule has 0 saturated heterocycles. The Kier molecular flexibility index (Phi) is 4.22. The van der Waals surface area contributed by atoms with Crippen LogP contribution >= 0.6 is 11.6 Å². The van der Waals surface area contributed by atoms with Crippen LogP contribution in [0.3, 0.4) is 0 Å². The number of carbonyl (C=O) groups is 1. The number of rotatable bonds is 4. The van der Waals surface area contributed by atoms with E-state index in [1.807, 2.05) is 12.1 Å². The molecular formula is C15H11ClN4O3. The molecule has 1 aromatic carbocycles. The molecule has 0 bridgehead atoms. The minimum absolute atomic E-state index is 0.0574. The average Bonchev–Trinajstić information content (AvgIpc) is 3.03. The first-order valence-corrected chi connectivity index (χ1v) is 6.94. The molecule has 2 heterocycles. The second-order valence-electron chi connectivity index (χ2n) is 4.51. The minimum atomic E-state index is -0.706. The van der Waals surface area contributed by atoms with Crippen molar-refractivity contribution in [2.45, 2.75) is 0 Å². The molecule has 0 fully saturated rings. The first-order chi connectivity index (χ1) is 11.2. The van der Waals surface area contributed by atoms with Gasteiger partial charge in [0.15, 0.2) is 5.76 Å². The van der Waals surface area contributed by atoms with Crippen LogP contribution in [-0.2, 0) is 0 Å². The Labute approximate surface area is 135 Å². The Morgan fingerprint density at radius 2 is 1.96 bits per heavy atom. The number of hydroxylamine groups is 1. The maximum Gasteiger partial charge on any atom is 0.300 e. The van der Waals surface area contributed by atoms with Gasteiger partial charge in [0.2, 0.25) is 0 Å². The quantitative estimate of drug-likeness (QED) is 0.501. The van der Waals surface area contributed by atoms with E-state index in [-0.39, 0.29) is 11.7 Å². The van der Waals surface area contributed by atoms with E-state index in [9.17, 15) is 4.79 Å². The summed E-state index contributed by atoms with van der Waals surface area (Å²) in [7, 11) is 0.